The lowest BCUT2D eigenvalue weighted by Crippen LogP contribution is -2.41. The first-order valence-electron chi connectivity index (χ1n) is 6.49. The Morgan fingerprint density at radius 2 is 2.00 bits per heavy atom. The van der Waals surface area contributed by atoms with Crippen molar-refractivity contribution in [3.8, 4) is 0 Å². The Kier molecular flexibility index (Phi) is 4.49. The molecule has 1 heterocycles. The molecule has 3 nitrogen and oxygen atoms in total. The Bertz CT molecular complexity index is 398. The molecule has 2 rings (SSSR count). The highest BCUT2D eigenvalue weighted by atomic mass is 35.5. The van der Waals surface area contributed by atoms with Gasteiger partial charge in [-0.3, -0.25) is 4.90 Å². The Hall–Kier alpha value is -0.770. The highest BCUT2D eigenvalue weighted by molar-refractivity contribution is 6.30. The molecule has 2 N–H and O–H groups in total. The molecular weight excluding hydrogens is 246 g/mol. The lowest BCUT2D eigenvalue weighted by molar-refractivity contribution is 0.140. The summed E-state index contributed by atoms with van der Waals surface area (Å²) in [6.07, 6.45) is 2.47. The van der Waals surface area contributed by atoms with Crippen molar-refractivity contribution < 1.29 is 0 Å². The van der Waals surface area contributed by atoms with Crippen molar-refractivity contribution in [2.45, 2.75) is 25.4 Å². The maximum atomic E-state index is 5.99. The predicted octanol–water partition coefficient (Wildman–Crippen LogP) is 2.45. The van der Waals surface area contributed by atoms with E-state index in [1.54, 1.807) is 0 Å². The molecule has 0 atom stereocenters. The summed E-state index contributed by atoms with van der Waals surface area (Å²) < 4.78 is 0. The van der Waals surface area contributed by atoms with Gasteiger partial charge >= 0.3 is 0 Å². The zero-order valence-corrected chi connectivity index (χ0v) is 12.0. The summed E-state index contributed by atoms with van der Waals surface area (Å²) in [6.45, 7) is 3.22. The minimum Gasteiger partial charge on any atom is -0.398 e. The Morgan fingerprint density at radius 1 is 1.33 bits per heavy atom. The van der Waals surface area contributed by atoms with Crippen LogP contribution in [-0.4, -0.2) is 43.0 Å². The molecule has 1 aromatic rings. The second kappa shape index (κ2) is 5.91. The van der Waals surface area contributed by atoms with Crippen LogP contribution in [0.15, 0.2) is 18.2 Å². The van der Waals surface area contributed by atoms with E-state index in [2.05, 4.69) is 23.9 Å². The number of nitrogens with two attached hydrogens (primary N) is 1. The van der Waals surface area contributed by atoms with Crippen LogP contribution in [-0.2, 0) is 6.54 Å². The standard InChI is InChI=1S/C14H22ClN3/c1-17(2)13-5-7-18(8-6-13)10-11-3-4-12(15)9-14(11)16/h3-4,9,13H,5-8,10,16H2,1-2H3. The van der Waals surface area contributed by atoms with Gasteiger partial charge < -0.3 is 10.6 Å². The van der Waals surface area contributed by atoms with E-state index in [9.17, 15) is 0 Å². The predicted molar refractivity (Wildman–Crippen MR) is 77.9 cm³/mol. The first-order chi connectivity index (χ1) is 8.56. The fourth-order valence-electron chi connectivity index (χ4n) is 2.54. The van der Waals surface area contributed by atoms with Crippen molar-refractivity contribution in [1.82, 2.24) is 9.80 Å². The molecule has 0 aromatic heterocycles. The Balaban J connectivity index is 1.91. The lowest BCUT2D eigenvalue weighted by Gasteiger charge is -2.35. The van der Waals surface area contributed by atoms with Gasteiger partial charge in [0, 0.05) is 23.3 Å². The summed E-state index contributed by atoms with van der Waals surface area (Å²) in [6, 6.07) is 6.52. The number of piperidine rings is 1. The summed E-state index contributed by atoms with van der Waals surface area (Å²) in [7, 11) is 4.33. The Morgan fingerprint density at radius 3 is 2.56 bits per heavy atom. The van der Waals surface area contributed by atoms with Crippen LogP contribution in [0, 0.1) is 0 Å². The number of halogens is 1. The second-order valence-electron chi connectivity index (χ2n) is 5.31. The first-order valence-corrected chi connectivity index (χ1v) is 6.87. The van der Waals surface area contributed by atoms with Gasteiger partial charge in [-0.2, -0.15) is 0 Å². The summed E-state index contributed by atoms with van der Waals surface area (Å²) in [5.74, 6) is 0. The number of hydrogen-bond acceptors (Lipinski definition) is 3. The van der Waals surface area contributed by atoms with Crippen LogP contribution in [0.4, 0.5) is 5.69 Å². The van der Waals surface area contributed by atoms with Gasteiger partial charge in [-0.25, -0.2) is 0 Å². The third kappa shape index (κ3) is 3.37. The summed E-state index contributed by atoms with van der Waals surface area (Å²) in [4.78, 5) is 4.80. The van der Waals surface area contributed by atoms with Crippen molar-refractivity contribution in [3.05, 3.63) is 28.8 Å². The third-order valence-electron chi connectivity index (χ3n) is 3.79. The number of anilines is 1. The molecule has 18 heavy (non-hydrogen) atoms. The quantitative estimate of drug-likeness (QED) is 0.854. The summed E-state index contributed by atoms with van der Waals surface area (Å²) in [5, 5.41) is 0.711. The van der Waals surface area contributed by atoms with Crippen molar-refractivity contribution in [2.24, 2.45) is 0 Å². The number of rotatable bonds is 3. The average Bonchev–Trinajstić information content (AvgIpc) is 2.33. The SMILES string of the molecule is CN(C)C1CCN(Cc2ccc(Cl)cc2N)CC1. The van der Waals surface area contributed by atoms with Gasteiger partial charge in [0.25, 0.3) is 0 Å². The molecule has 1 saturated heterocycles. The van der Waals surface area contributed by atoms with E-state index in [1.165, 1.54) is 18.4 Å². The van der Waals surface area contributed by atoms with Crippen LogP contribution >= 0.6 is 11.6 Å². The van der Waals surface area contributed by atoms with Crippen molar-refractivity contribution >= 4 is 17.3 Å². The highest BCUT2D eigenvalue weighted by Gasteiger charge is 2.20. The maximum absolute atomic E-state index is 5.99. The zero-order chi connectivity index (χ0) is 13.1. The van der Waals surface area contributed by atoms with E-state index in [0.29, 0.717) is 5.02 Å². The van der Waals surface area contributed by atoms with Crippen LogP contribution in [0.2, 0.25) is 5.02 Å². The smallest absolute Gasteiger partial charge is 0.0426 e. The molecule has 100 valence electrons. The van der Waals surface area contributed by atoms with Crippen LogP contribution in [0.1, 0.15) is 18.4 Å². The molecular formula is C14H22ClN3. The van der Waals surface area contributed by atoms with Crippen LogP contribution in [0.5, 0.6) is 0 Å². The minimum atomic E-state index is 0.711. The van der Waals surface area contributed by atoms with Gasteiger partial charge in [-0.1, -0.05) is 17.7 Å². The second-order valence-corrected chi connectivity index (χ2v) is 5.75. The monoisotopic (exact) mass is 267 g/mol. The number of benzene rings is 1. The van der Waals surface area contributed by atoms with E-state index < -0.39 is 0 Å². The van der Waals surface area contributed by atoms with Crippen molar-refractivity contribution in [1.29, 1.82) is 0 Å². The highest BCUT2D eigenvalue weighted by Crippen LogP contribution is 2.22. The van der Waals surface area contributed by atoms with Gasteiger partial charge in [0.15, 0.2) is 0 Å². The van der Waals surface area contributed by atoms with E-state index in [0.717, 1.165) is 31.4 Å². The topological polar surface area (TPSA) is 32.5 Å². The molecule has 4 heteroatoms. The maximum Gasteiger partial charge on any atom is 0.0426 e. The third-order valence-corrected chi connectivity index (χ3v) is 4.02. The van der Waals surface area contributed by atoms with E-state index in [-0.39, 0.29) is 0 Å². The van der Waals surface area contributed by atoms with Crippen molar-refractivity contribution in [2.75, 3.05) is 32.9 Å². The lowest BCUT2D eigenvalue weighted by atomic mass is 10.0. The molecule has 1 aliphatic heterocycles. The van der Waals surface area contributed by atoms with Crippen LogP contribution in [0.25, 0.3) is 0 Å². The molecule has 0 radical (unpaired) electrons. The average molecular weight is 268 g/mol. The Labute approximate surface area is 115 Å². The van der Waals surface area contributed by atoms with Crippen LogP contribution in [0.3, 0.4) is 0 Å². The van der Waals surface area contributed by atoms with E-state index in [1.807, 2.05) is 18.2 Å². The van der Waals surface area contributed by atoms with Gasteiger partial charge in [0.05, 0.1) is 0 Å². The van der Waals surface area contributed by atoms with Gasteiger partial charge in [-0.15, -0.1) is 0 Å². The molecule has 1 aliphatic rings. The molecule has 0 unspecified atom stereocenters. The van der Waals surface area contributed by atoms with Crippen molar-refractivity contribution in [3.63, 3.8) is 0 Å². The molecule has 0 aliphatic carbocycles. The number of nitrogens with zero attached hydrogens (tertiary/aromatic N) is 2. The largest absolute Gasteiger partial charge is 0.398 e. The van der Waals surface area contributed by atoms with E-state index >= 15 is 0 Å². The van der Waals surface area contributed by atoms with Gasteiger partial charge in [0.1, 0.15) is 0 Å². The number of nitrogen functional groups attached to an aromatic ring is 1. The van der Waals surface area contributed by atoms with Gasteiger partial charge in [0.2, 0.25) is 0 Å². The molecule has 0 bridgehead atoms. The molecule has 0 amide bonds. The molecule has 0 spiro atoms. The molecule has 1 aromatic carbocycles. The molecule has 0 saturated carbocycles. The fraction of sp³-hybridized carbons (Fsp3) is 0.571. The normalized spacial score (nSPS) is 18.4. The molecule has 1 fully saturated rings. The number of hydrogen-bond donors (Lipinski definition) is 1. The zero-order valence-electron chi connectivity index (χ0n) is 11.2. The fourth-order valence-corrected chi connectivity index (χ4v) is 2.73. The van der Waals surface area contributed by atoms with Gasteiger partial charge in [-0.05, 0) is 57.7 Å². The number of likely N-dealkylation sites (tertiary alicyclic amines) is 1. The first kappa shape index (κ1) is 13.7. The summed E-state index contributed by atoms with van der Waals surface area (Å²) in [5.41, 5.74) is 7.98. The summed E-state index contributed by atoms with van der Waals surface area (Å²) >= 11 is 5.91. The van der Waals surface area contributed by atoms with E-state index in [4.69, 9.17) is 17.3 Å². The minimum absolute atomic E-state index is 0.711. The van der Waals surface area contributed by atoms with Crippen LogP contribution < -0.4 is 5.73 Å².